The van der Waals surface area contributed by atoms with Crippen LogP contribution in [0.2, 0.25) is 0 Å². The van der Waals surface area contributed by atoms with E-state index >= 15 is 0 Å². The van der Waals surface area contributed by atoms with Crippen molar-refractivity contribution in [2.75, 3.05) is 19.0 Å². The zero-order valence-electron chi connectivity index (χ0n) is 16.8. The van der Waals surface area contributed by atoms with Gasteiger partial charge in [-0.2, -0.15) is 4.98 Å². The minimum atomic E-state index is 0.402. The summed E-state index contributed by atoms with van der Waals surface area (Å²) in [7, 11) is 1.64. The van der Waals surface area contributed by atoms with E-state index in [1.54, 1.807) is 36.8 Å². The van der Waals surface area contributed by atoms with E-state index in [-0.39, 0.29) is 0 Å². The Hall–Kier alpha value is -3.27. The quantitative estimate of drug-likeness (QED) is 0.533. The number of methoxy groups -OCH3 is 1. The normalized spacial score (nSPS) is 17.8. The molecule has 0 aliphatic heterocycles. The largest absolute Gasteiger partial charge is 0.495 e. The number of rotatable bonds is 9. The van der Waals surface area contributed by atoms with E-state index in [0.717, 1.165) is 27.9 Å². The van der Waals surface area contributed by atoms with E-state index < -0.39 is 0 Å². The van der Waals surface area contributed by atoms with E-state index in [4.69, 9.17) is 15.2 Å². The van der Waals surface area contributed by atoms with E-state index in [0.29, 0.717) is 42.5 Å². The Bertz CT molecular complexity index is 1020. The van der Waals surface area contributed by atoms with Gasteiger partial charge in [-0.15, -0.1) is 10.2 Å². The van der Waals surface area contributed by atoms with Crippen molar-refractivity contribution in [2.45, 2.75) is 25.8 Å². The number of nitrogens with one attached hydrogen (secondary N) is 1. The third kappa shape index (κ3) is 5.01. The number of aromatic nitrogens is 5. The Kier molecular flexibility index (Phi) is 6.03. The third-order valence-corrected chi connectivity index (χ3v) is 5.54. The lowest BCUT2D eigenvalue weighted by Crippen LogP contribution is -2.07. The molecule has 0 bridgehead atoms. The molecule has 3 aromatic rings. The molecule has 0 aromatic carbocycles. The van der Waals surface area contributed by atoms with E-state index in [1.807, 2.05) is 19.1 Å². The molecular formula is C20H23N7O2S. The predicted octanol–water partition coefficient (Wildman–Crippen LogP) is 2.76. The van der Waals surface area contributed by atoms with Crippen LogP contribution in [-0.4, -0.2) is 38.9 Å². The van der Waals surface area contributed by atoms with Gasteiger partial charge in [0.1, 0.15) is 21.6 Å². The standard InChI is InChI=1S/C20H23N7O2S/c1-12-26-27-20(30-12)10-23-18-8-19(25-17(24-18)5-6-21)29-11-13-7-15(13)16-4-3-14(28-2)9-22-16/h3-6,8-9,13,15H,7,10-11,21H2,1-2H3,(H,23,24,25)/t13?,15-/m0/s1. The summed E-state index contributed by atoms with van der Waals surface area (Å²) in [6, 6.07) is 5.73. The highest BCUT2D eigenvalue weighted by Gasteiger charge is 2.40. The molecule has 1 fully saturated rings. The van der Waals surface area contributed by atoms with Crippen LogP contribution in [0.4, 0.5) is 5.82 Å². The fourth-order valence-corrected chi connectivity index (χ4v) is 3.71. The number of hydrogen-bond acceptors (Lipinski definition) is 10. The average molecular weight is 426 g/mol. The summed E-state index contributed by atoms with van der Waals surface area (Å²) in [6.07, 6.45) is 5.83. The highest BCUT2D eigenvalue weighted by Crippen LogP contribution is 2.46. The topological polar surface area (TPSA) is 121 Å². The van der Waals surface area contributed by atoms with Crippen LogP contribution >= 0.6 is 11.3 Å². The first kappa shape index (κ1) is 20.0. The van der Waals surface area contributed by atoms with Crippen LogP contribution in [0.25, 0.3) is 6.08 Å². The van der Waals surface area contributed by atoms with Gasteiger partial charge in [-0.3, -0.25) is 4.98 Å². The van der Waals surface area contributed by atoms with E-state index in [9.17, 15) is 0 Å². The van der Waals surface area contributed by atoms with E-state index in [1.165, 1.54) is 6.20 Å². The Balaban J connectivity index is 1.37. The number of aryl methyl sites for hydroxylation is 1. The van der Waals surface area contributed by atoms with Gasteiger partial charge >= 0.3 is 0 Å². The Labute approximate surface area is 178 Å². The molecule has 1 unspecified atom stereocenters. The number of anilines is 1. The van der Waals surface area contributed by atoms with Crippen LogP contribution in [0.1, 0.15) is 33.9 Å². The zero-order chi connectivity index (χ0) is 20.9. The van der Waals surface area contributed by atoms with Gasteiger partial charge in [0.05, 0.1) is 26.5 Å². The van der Waals surface area contributed by atoms with Crippen molar-refractivity contribution >= 4 is 23.2 Å². The smallest absolute Gasteiger partial charge is 0.219 e. The number of nitrogens with zero attached hydrogens (tertiary/aromatic N) is 5. The summed E-state index contributed by atoms with van der Waals surface area (Å²) in [4.78, 5) is 13.3. The third-order valence-electron chi connectivity index (χ3n) is 4.70. The van der Waals surface area contributed by atoms with Gasteiger partial charge in [-0.1, -0.05) is 11.3 Å². The first-order chi connectivity index (χ1) is 14.6. The van der Waals surface area contributed by atoms with Crippen LogP contribution in [0.15, 0.2) is 30.6 Å². The summed E-state index contributed by atoms with van der Waals surface area (Å²) in [6.45, 7) is 3.02. The molecule has 30 heavy (non-hydrogen) atoms. The lowest BCUT2D eigenvalue weighted by Gasteiger charge is -2.09. The fraction of sp³-hybridized carbons (Fsp3) is 0.350. The highest BCUT2D eigenvalue weighted by atomic mass is 32.1. The van der Waals surface area contributed by atoms with Gasteiger partial charge in [0.15, 0.2) is 5.82 Å². The number of ether oxygens (including phenoxy) is 2. The number of nitrogens with two attached hydrogens (primary N) is 1. The summed E-state index contributed by atoms with van der Waals surface area (Å²) in [5, 5.41) is 13.2. The summed E-state index contributed by atoms with van der Waals surface area (Å²) >= 11 is 1.54. The second-order valence-electron chi connectivity index (χ2n) is 6.91. The second kappa shape index (κ2) is 9.04. The molecule has 0 amide bonds. The molecule has 1 saturated carbocycles. The summed E-state index contributed by atoms with van der Waals surface area (Å²) in [5.41, 5.74) is 6.57. The lowest BCUT2D eigenvalue weighted by molar-refractivity contribution is 0.285. The molecule has 1 aliphatic rings. The molecule has 3 aromatic heterocycles. The molecule has 0 spiro atoms. The predicted molar refractivity (Wildman–Crippen MR) is 114 cm³/mol. The first-order valence-electron chi connectivity index (χ1n) is 9.57. The minimum absolute atomic E-state index is 0.402. The lowest BCUT2D eigenvalue weighted by atomic mass is 10.2. The van der Waals surface area contributed by atoms with Gasteiger partial charge in [0, 0.05) is 23.6 Å². The van der Waals surface area contributed by atoms with Crippen LogP contribution in [0, 0.1) is 12.8 Å². The monoisotopic (exact) mass is 425 g/mol. The maximum absolute atomic E-state index is 5.97. The molecule has 156 valence electrons. The molecule has 4 rings (SSSR count). The fourth-order valence-electron chi connectivity index (χ4n) is 3.06. The summed E-state index contributed by atoms with van der Waals surface area (Å²) < 4.78 is 11.1. The van der Waals surface area contributed by atoms with Gasteiger partial charge in [-0.25, -0.2) is 4.98 Å². The zero-order valence-corrected chi connectivity index (χ0v) is 17.6. The van der Waals surface area contributed by atoms with Crippen molar-refractivity contribution in [3.05, 3.63) is 52.1 Å². The van der Waals surface area contributed by atoms with Crippen molar-refractivity contribution < 1.29 is 9.47 Å². The minimum Gasteiger partial charge on any atom is -0.495 e. The molecule has 3 N–H and O–H groups in total. The second-order valence-corrected chi connectivity index (χ2v) is 8.18. The van der Waals surface area contributed by atoms with Crippen molar-refractivity contribution in [3.63, 3.8) is 0 Å². The van der Waals surface area contributed by atoms with Crippen molar-refractivity contribution in [1.82, 2.24) is 25.1 Å². The molecule has 2 atom stereocenters. The molecule has 1 aliphatic carbocycles. The van der Waals surface area contributed by atoms with Crippen LogP contribution in [0.5, 0.6) is 11.6 Å². The molecule has 10 heteroatoms. The SMILES string of the molecule is COc1ccc([C@H]2CC2COc2cc(NCc3nnc(C)s3)nc(C=CN)n2)nc1. The molecule has 3 heterocycles. The maximum Gasteiger partial charge on any atom is 0.219 e. The van der Waals surface area contributed by atoms with Crippen LogP contribution in [-0.2, 0) is 6.54 Å². The maximum atomic E-state index is 5.97. The highest BCUT2D eigenvalue weighted by molar-refractivity contribution is 7.11. The van der Waals surface area contributed by atoms with E-state index in [2.05, 4.69) is 30.5 Å². The van der Waals surface area contributed by atoms with Gasteiger partial charge in [0.25, 0.3) is 0 Å². The van der Waals surface area contributed by atoms with Gasteiger partial charge < -0.3 is 20.5 Å². The Morgan fingerprint density at radius 3 is 2.90 bits per heavy atom. The molecule has 9 nitrogen and oxygen atoms in total. The van der Waals surface area contributed by atoms with Gasteiger partial charge in [0.2, 0.25) is 5.88 Å². The average Bonchev–Trinajstić information content (AvgIpc) is 3.42. The van der Waals surface area contributed by atoms with Crippen molar-refractivity contribution in [2.24, 2.45) is 11.7 Å². The van der Waals surface area contributed by atoms with Crippen LogP contribution < -0.4 is 20.5 Å². The van der Waals surface area contributed by atoms with Crippen LogP contribution in [0.3, 0.4) is 0 Å². The molecule has 0 radical (unpaired) electrons. The Morgan fingerprint density at radius 1 is 1.30 bits per heavy atom. The Morgan fingerprint density at radius 2 is 2.20 bits per heavy atom. The van der Waals surface area contributed by atoms with Crippen molar-refractivity contribution in [1.29, 1.82) is 0 Å². The molecular weight excluding hydrogens is 402 g/mol. The number of hydrogen-bond donors (Lipinski definition) is 2. The summed E-state index contributed by atoms with van der Waals surface area (Å²) in [5.74, 6) is 3.20. The molecule has 0 saturated heterocycles. The van der Waals surface area contributed by atoms with Gasteiger partial charge in [-0.05, 0) is 37.8 Å². The van der Waals surface area contributed by atoms with Crippen molar-refractivity contribution in [3.8, 4) is 11.6 Å². The first-order valence-corrected chi connectivity index (χ1v) is 10.4. The number of pyridine rings is 1.